The Bertz CT molecular complexity index is 176. The highest BCUT2D eigenvalue weighted by Crippen LogP contribution is 2.11. The lowest BCUT2D eigenvalue weighted by atomic mass is 9.96. The molecule has 0 spiro atoms. The maximum Gasteiger partial charge on any atom is 0.145 e. The molecule has 0 aromatic carbocycles. The highest BCUT2D eigenvalue weighted by atomic mass is 16.3. The van der Waals surface area contributed by atoms with Crippen LogP contribution in [0.4, 0.5) is 0 Å². The van der Waals surface area contributed by atoms with Crippen LogP contribution in [0.3, 0.4) is 0 Å². The van der Waals surface area contributed by atoms with Gasteiger partial charge in [-0.05, 0) is 27.7 Å². The Morgan fingerprint density at radius 1 is 1.09 bits per heavy atom. The second-order valence-electron chi connectivity index (χ2n) is 3.93. The second kappa shape index (κ2) is 3.25. The summed E-state index contributed by atoms with van der Waals surface area (Å²) >= 11 is 0. The van der Waals surface area contributed by atoms with Crippen molar-refractivity contribution in [2.75, 3.05) is 6.61 Å². The zero-order chi connectivity index (χ0) is 9.12. The molecule has 0 aromatic heterocycles. The summed E-state index contributed by atoms with van der Waals surface area (Å²) in [4.78, 5) is 0. The van der Waals surface area contributed by atoms with Gasteiger partial charge in [0.05, 0.1) is 6.61 Å². The fourth-order valence-corrected chi connectivity index (χ4v) is 0.362. The lowest BCUT2D eigenvalue weighted by Crippen LogP contribution is -2.26. The number of hydrogen-bond donors (Lipinski definition) is 2. The number of aliphatic hydroxyl groups excluding tert-OH is 1. The number of rotatable bonds is 1. The van der Waals surface area contributed by atoms with E-state index in [-0.39, 0.29) is 12.0 Å². The molecule has 2 N–H and O–H groups in total. The van der Waals surface area contributed by atoms with E-state index in [4.69, 9.17) is 5.11 Å². The topological polar surface area (TPSA) is 40.5 Å². The monoisotopic (exact) mass is 156 g/mol. The van der Waals surface area contributed by atoms with Gasteiger partial charge in [-0.15, -0.1) is 0 Å². The van der Waals surface area contributed by atoms with Crippen LogP contribution >= 0.6 is 0 Å². The predicted molar refractivity (Wildman–Crippen MR) is 44.9 cm³/mol. The summed E-state index contributed by atoms with van der Waals surface area (Å²) in [5.41, 5.74) is -1.38. The molecule has 0 aromatic rings. The molecule has 0 amide bonds. The van der Waals surface area contributed by atoms with Crippen molar-refractivity contribution in [1.82, 2.24) is 0 Å². The van der Waals surface area contributed by atoms with Gasteiger partial charge in [-0.2, -0.15) is 0 Å². The van der Waals surface area contributed by atoms with Crippen LogP contribution in [0.25, 0.3) is 0 Å². The normalized spacial score (nSPS) is 16.5. The Morgan fingerprint density at radius 3 is 1.82 bits per heavy atom. The van der Waals surface area contributed by atoms with Gasteiger partial charge in [-0.1, -0.05) is 11.8 Å². The molecule has 0 saturated carbocycles. The minimum atomic E-state index is -1.26. The van der Waals surface area contributed by atoms with Crippen LogP contribution in [0, 0.1) is 17.3 Å². The standard InChI is InChI=1S/C9H16O2/c1-8(2,3)5-6-9(4,11)7-10/h10-11H,7H2,1-4H3/t9-/m0/s1. The molecule has 64 valence electrons. The Kier molecular flexibility index (Phi) is 3.10. The van der Waals surface area contributed by atoms with E-state index < -0.39 is 5.60 Å². The molecule has 0 unspecified atom stereocenters. The van der Waals surface area contributed by atoms with Gasteiger partial charge in [0.1, 0.15) is 5.60 Å². The summed E-state index contributed by atoms with van der Waals surface area (Å²) in [6.45, 7) is 7.02. The molecule has 0 radical (unpaired) electrons. The zero-order valence-electron chi connectivity index (χ0n) is 7.60. The molecule has 0 bridgehead atoms. The van der Waals surface area contributed by atoms with Crippen LogP contribution in [-0.2, 0) is 0 Å². The third-order valence-corrected chi connectivity index (χ3v) is 1.01. The van der Waals surface area contributed by atoms with E-state index in [0.717, 1.165) is 0 Å². The van der Waals surface area contributed by atoms with E-state index in [0.29, 0.717) is 0 Å². The van der Waals surface area contributed by atoms with Gasteiger partial charge in [0.2, 0.25) is 0 Å². The Labute approximate surface area is 68.2 Å². The molecule has 2 nitrogen and oxygen atoms in total. The van der Waals surface area contributed by atoms with Crippen LogP contribution in [0.1, 0.15) is 27.7 Å². The van der Waals surface area contributed by atoms with E-state index in [1.54, 1.807) is 0 Å². The fraction of sp³-hybridized carbons (Fsp3) is 0.778. The number of aliphatic hydroxyl groups is 2. The molecular weight excluding hydrogens is 140 g/mol. The van der Waals surface area contributed by atoms with E-state index in [1.807, 2.05) is 20.8 Å². The summed E-state index contributed by atoms with van der Waals surface area (Å²) < 4.78 is 0. The second-order valence-corrected chi connectivity index (χ2v) is 3.93. The molecule has 2 heteroatoms. The minimum absolute atomic E-state index is 0.126. The highest BCUT2D eigenvalue weighted by molar-refractivity contribution is 5.16. The molecule has 11 heavy (non-hydrogen) atoms. The van der Waals surface area contributed by atoms with Crippen LogP contribution in [0.15, 0.2) is 0 Å². The lowest BCUT2D eigenvalue weighted by Gasteiger charge is -2.14. The van der Waals surface area contributed by atoms with Crippen molar-refractivity contribution in [2.24, 2.45) is 5.41 Å². The van der Waals surface area contributed by atoms with Gasteiger partial charge in [-0.3, -0.25) is 0 Å². The molecule has 1 atom stereocenters. The van der Waals surface area contributed by atoms with E-state index in [9.17, 15) is 5.11 Å². The van der Waals surface area contributed by atoms with Crippen LogP contribution < -0.4 is 0 Å². The van der Waals surface area contributed by atoms with Crippen molar-refractivity contribution in [3.8, 4) is 11.8 Å². The summed E-state index contributed by atoms with van der Waals surface area (Å²) in [6, 6.07) is 0. The molecular formula is C9H16O2. The Hall–Kier alpha value is -0.520. The zero-order valence-corrected chi connectivity index (χ0v) is 7.60. The molecule has 0 aliphatic carbocycles. The van der Waals surface area contributed by atoms with Gasteiger partial charge in [0.25, 0.3) is 0 Å². The summed E-state index contributed by atoms with van der Waals surface area (Å²) in [5.74, 6) is 5.46. The molecule has 0 saturated heterocycles. The van der Waals surface area contributed by atoms with E-state index >= 15 is 0 Å². The van der Waals surface area contributed by atoms with Crippen molar-refractivity contribution in [1.29, 1.82) is 0 Å². The quantitative estimate of drug-likeness (QED) is 0.551. The third-order valence-electron chi connectivity index (χ3n) is 1.01. The summed E-state index contributed by atoms with van der Waals surface area (Å²) in [7, 11) is 0. The predicted octanol–water partition coefficient (Wildman–Crippen LogP) is 0.779. The van der Waals surface area contributed by atoms with Crippen molar-refractivity contribution < 1.29 is 10.2 Å². The van der Waals surface area contributed by atoms with Crippen LogP contribution in [-0.4, -0.2) is 22.4 Å². The SMILES string of the molecule is CC(C)(C)C#C[C@](C)(O)CO. The van der Waals surface area contributed by atoms with Gasteiger partial charge >= 0.3 is 0 Å². The average Bonchev–Trinajstić information content (AvgIpc) is 1.83. The molecule has 0 rings (SSSR count). The third kappa shape index (κ3) is 5.90. The first-order chi connectivity index (χ1) is 4.77. The number of hydrogen-bond acceptors (Lipinski definition) is 2. The summed E-state index contributed by atoms with van der Waals surface area (Å²) in [6.07, 6.45) is 0. The molecule has 0 fully saturated rings. The maximum atomic E-state index is 9.26. The summed E-state index contributed by atoms with van der Waals surface area (Å²) in [5, 5.41) is 17.9. The highest BCUT2D eigenvalue weighted by Gasteiger charge is 2.15. The first-order valence-corrected chi connectivity index (χ1v) is 3.64. The average molecular weight is 156 g/mol. The minimum Gasteiger partial charge on any atom is -0.392 e. The first kappa shape index (κ1) is 10.5. The van der Waals surface area contributed by atoms with Gasteiger partial charge in [0, 0.05) is 5.41 Å². The van der Waals surface area contributed by atoms with Crippen molar-refractivity contribution in [2.45, 2.75) is 33.3 Å². The van der Waals surface area contributed by atoms with Gasteiger partial charge in [-0.25, -0.2) is 0 Å². The molecule has 0 aliphatic heterocycles. The Morgan fingerprint density at radius 2 is 1.55 bits per heavy atom. The smallest absolute Gasteiger partial charge is 0.145 e. The molecule has 0 heterocycles. The Balaban J connectivity index is 4.29. The fourth-order valence-electron chi connectivity index (χ4n) is 0.362. The van der Waals surface area contributed by atoms with Crippen molar-refractivity contribution in [3.63, 3.8) is 0 Å². The first-order valence-electron chi connectivity index (χ1n) is 3.64. The van der Waals surface area contributed by atoms with E-state index in [2.05, 4.69) is 11.8 Å². The van der Waals surface area contributed by atoms with E-state index in [1.165, 1.54) is 6.92 Å². The van der Waals surface area contributed by atoms with Gasteiger partial charge in [0.15, 0.2) is 0 Å². The largest absolute Gasteiger partial charge is 0.392 e. The molecule has 0 aliphatic rings. The van der Waals surface area contributed by atoms with Gasteiger partial charge < -0.3 is 10.2 Å². The van der Waals surface area contributed by atoms with Crippen LogP contribution in [0.2, 0.25) is 0 Å². The van der Waals surface area contributed by atoms with Crippen molar-refractivity contribution in [3.05, 3.63) is 0 Å². The van der Waals surface area contributed by atoms with Crippen LogP contribution in [0.5, 0.6) is 0 Å². The maximum absolute atomic E-state index is 9.26. The lowest BCUT2D eigenvalue weighted by molar-refractivity contribution is 0.0516. The van der Waals surface area contributed by atoms with Crippen molar-refractivity contribution >= 4 is 0 Å².